The van der Waals surface area contributed by atoms with E-state index in [-0.39, 0.29) is 24.5 Å². The van der Waals surface area contributed by atoms with Crippen molar-refractivity contribution in [1.82, 2.24) is 39.6 Å². The number of carbonyl (C=O) groups is 4. The van der Waals surface area contributed by atoms with Crippen LogP contribution in [-0.4, -0.2) is 122 Å². The number of ether oxygens (including phenoxy) is 1. The molecule has 3 saturated heterocycles. The molecule has 55 heavy (non-hydrogen) atoms. The van der Waals surface area contributed by atoms with Crippen molar-refractivity contribution in [2.24, 2.45) is 0 Å². The quantitative estimate of drug-likeness (QED) is 0.226. The highest BCUT2D eigenvalue weighted by Crippen LogP contribution is 2.33. The number of imidazole rings is 1. The molecule has 1 atom stereocenters. The van der Waals surface area contributed by atoms with Gasteiger partial charge in [0.2, 0.25) is 17.8 Å². The van der Waals surface area contributed by atoms with Gasteiger partial charge in [-0.2, -0.15) is 4.98 Å². The highest BCUT2D eigenvalue weighted by Gasteiger charge is 2.45. The van der Waals surface area contributed by atoms with Crippen LogP contribution >= 0.6 is 0 Å². The Morgan fingerprint density at radius 2 is 1.67 bits per heavy atom. The number of benzene rings is 1. The number of piperidine rings is 2. The minimum Gasteiger partial charge on any atom is -0.378 e. The summed E-state index contributed by atoms with van der Waals surface area (Å²) in [5.41, 5.74) is 3.13. The van der Waals surface area contributed by atoms with Crippen LogP contribution in [0.25, 0.3) is 11.0 Å². The van der Waals surface area contributed by atoms with Crippen molar-refractivity contribution in [2.75, 3.05) is 68.0 Å². The number of aromatic nitrogens is 5. The number of carbonyl (C=O) groups excluding carboxylic acids is 4. The number of rotatable bonds is 10. The maximum Gasteiger partial charge on any atom is 0.262 e. The van der Waals surface area contributed by atoms with Crippen LogP contribution < -0.4 is 20.4 Å². The van der Waals surface area contributed by atoms with Crippen molar-refractivity contribution in [3.63, 3.8) is 0 Å². The average molecular weight is 750 g/mol. The number of nitrogens with zero attached hydrogens (tertiary/aromatic N) is 9. The zero-order valence-corrected chi connectivity index (χ0v) is 31.7. The van der Waals surface area contributed by atoms with E-state index in [1.54, 1.807) is 24.5 Å². The van der Waals surface area contributed by atoms with Gasteiger partial charge in [0.05, 0.1) is 28.4 Å². The molecular weight excluding hydrogens is 703 g/mol. The first-order chi connectivity index (χ1) is 26.5. The van der Waals surface area contributed by atoms with E-state index in [0.29, 0.717) is 28.7 Å². The summed E-state index contributed by atoms with van der Waals surface area (Å²) in [7, 11) is 1.81. The largest absolute Gasteiger partial charge is 0.378 e. The number of hydrogen-bond donors (Lipinski definition) is 2. The highest BCUT2D eigenvalue weighted by atomic mass is 16.5. The smallest absolute Gasteiger partial charge is 0.262 e. The molecule has 0 radical (unpaired) electrons. The van der Waals surface area contributed by atoms with Crippen LogP contribution in [0.1, 0.15) is 78.5 Å². The lowest BCUT2D eigenvalue weighted by atomic mass is 9.87. The van der Waals surface area contributed by atoms with Crippen molar-refractivity contribution in [1.29, 1.82) is 0 Å². The SMILES string of the molecule is COC1(CCN2CCN(c3ccc4c(c3)C(=O)N(C3CCC(=O)NC3=O)C4=O)CC2)CCN(c2nccc(Nc3cc4c(cn3)nc(C)n4C(C)C)n2)CC1. The molecule has 1 unspecified atom stereocenters. The minimum absolute atomic E-state index is 0.0920. The molecule has 16 nitrogen and oxygen atoms in total. The first-order valence-corrected chi connectivity index (χ1v) is 19.1. The number of amides is 4. The predicted octanol–water partition coefficient (Wildman–Crippen LogP) is 3.45. The number of aryl methyl sites for hydroxylation is 1. The Hall–Kier alpha value is -5.48. The van der Waals surface area contributed by atoms with E-state index >= 15 is 0 Å². The molecule has 0 aliphatic carbocycles. The van der Waals surface area contributed by atoms with Crippen molar-refractivity contribution in [3.8, 4) is 0 Å². The molecule has 2 N–H and O–H groups in total. The summed E-state index contributed by atoms with van der Waals surface area (Å²) in [6.07, 6.45) is 6.43. The second kappa shape index (κ2) is 14.6. The Labute approximate surface area is 319 Å². The summed E-state index contributed by atoms with van der Waals surface area (Å²) in [6, 6.07) is 8.49. The lowest BCUT2D eigenvalue weighted by Gasteiger charge is -2.43. The molecular formula is C39H47N11O5. The summed E-state index contributed by atoms with van der Waals surface area (Å²) in [5, 5.41) is 5.61. The molecule has 4 aliphatic rings. The monoisotopic (exact) mass is 749 g/mol. The van der Waals surface area contributed by atoms with Crippen LogP contribution in [0.5, 0.6) is 0 Å². The maximum absolute atomic E-state index is 13.3. The van der Waals surface area contributed by atoms with Crippen LogP contribution in [0.4, 0.5) is 23.3 Å². The zero-order valence-electron chi connectivity index (χ0n) is 31.7. The van der Waals surface area contributed by atoms with Gasteiger partial charge in [0.1, 0.15) is 29.0 Å². The molecule has 4 amide bonds. The Bertz CT molecular complexity index is 2150. The number of hydrogen-bond acceptors (Lipinski definition) is 13. The van der Waals surface area contributed by atoms with E-state index < -0.39 is 29.7 Å². The summed E-state index contributed by atoms with van der Waals surface area (Å²) in [4.78, 5) is 77.1. The molecule has 7 heterocycles. The molecule has 4 aliphatic heterocycles. The van der Waals surface area contributed by atoms with Gasteiger partial charge in [0.15, 0.2) is 0 Å². The Morgan fingerprint density at radius 1 is 0.909 bits per heavy atom. The summed E-state index contributed by atoms with van der Waals surface area (Å²) in [6.45, 7) is 12.0. The lowest BCUT2D eigenvalue weighted by Crippen LogP contribution is -2.54. The number of nitrogens with one attached hydrogen (secondary N) is 2. The summed E-state index contributed by atoms with van der Waals surface area (Å²) >= 11 is 0. The molecule has 0 spiro atoms. The third-order valence-corrected chi connectivity index (χ3v) is 11.6. The van der Waals surface area contributed by atoms with E-state index in [4.69, 9.17) is 9.72 Å². The van der Waals surface area contributed by atoms with Gasteiger partial charge in [0, 0.05) is 83.3 Å². The normalized spacial score (nSPS) is 20.5. The number of anilines is 4. The minimum atomic E-state index is -0.974. The molecule has 0 saturated carbocycles. The van der Waals surface area contributed by atoms with Crippen molar-refractivity contribution < 1.29 is 23.9 Å². The lowest BCUT2D eigenvalue weighted by molar-refractivity contribution is -0.136. The van der Waals surface area contributed by atoms with Gasteiger partial charge in [-0.05, 0) is 70.7 Å². The van der Waals surface area contributed by atoms with Crippen LogP contribution in [0, 0.1) is 6.92 Å². The van der Waals surface area contributed by atoms with E-state index in [1.165, 1.54) is 0 Å². The first kappa shape index (κ1) is 36.5. The fraction of sp³-hybridized carbons (Fsp3) is 0.487. The van der Waals surface area contributed by atoms with Gasteiger partial charge in [-0.3, -0.25) is 34.3 Å². The molecule has 8 rings (SSSR count). The number of piperazine rings is 1. The van der Waals surface area contributed by atoms with E-state index in [1.807, 2.05) is 32.2 Å². The van der Waals surface area contributed by atoms with Crippen LogP contribution in [0.3, 0.4) is 0 Å². The topological polar surface area (TPSA) is 171 Å². The third-order valence-electron chi connectivity index (χ3n) is 11.6. The van der Waals surface area contributed by atoms with Crippen LogP contribution in [0.15, 0.2) is 42.7 Å². The van der Waals surface area contributed by atoms with Gasteiger partial charge in [-0.1, -0.05) is 0 Å². The maximum atomic E-state index is 13.3. The molecule has 3 aromatic heterocycles. The van der Waals surface area contributed by atoms with E-state index in [2.05, 4.69) is 58.7 Å². The number of methoxy groups -OCH3 is 1. The molecule has 1 aromatic carbocycles. The molecule has 3 fully saturated rings. The van der Waals surface area contributed by atoms with Crippen LogP contribution in [-0.2, 0) is 14.3 Å². The number of imide groups is 2. The molecule has 288 valence electrons. The molecule has 4 aromatic rings. The third kappa shape index (κ3) is 6.99. The Morgan fingerprint density at radius 3 is 2.40 bits per heavy atom. The number of fused-ring (bicyclic) bond motifs is 2. The Kier molecular flexibility index (Phi) is 9.71. The van der Waals surface area contributed by atoms with Gasteiger partial charge in [0.25, 0.3) is 11.8 Å². The Balaban J connectivity index is 0.836. The van der Waals surface area contributed by atoms with Crippen molar-refractivity contribution in [2.45, 2.75) is 70.6 Å². The fourth-order valence-electron chi connectivity index (χ4n) is 8.46. The molecule has 0 bridgehead atoms. The van der Waals surface area contributed by atoms with Crippen molar-refractivity contribution in [3.05, 3.63) is 59.7 Å². The standard InChI is InChI=1S/C39H47N11O5/c1-24(2)49-25(3)42-29-23-41-33(22-31(29)49)43-32-9-13-40-38(44-32)48-15-11-39(55-4,12-16-48)10-14-46-17-19-47(20-18-46)26-5-6-27-28(21-26)37(54)50(36(27)53)30-7-8-34(51)45-35(30)52/h5-6,9,13,21-24,30H,7-8,10-12,14-20H2,1-4H3,(H,45,51,52)(H,40,41,43,44). The number of pyridine rings is 1. The predicted molar refractivity (Wildman–Crippen MR) is 206 cm³/mol. The second-order valence-corrected chi connectivity index (χ2v) is 15.2. The van der Waals surface area contributed by atoms with Gasteiger partial charge >= 0.3 is 0 Å². The molecule has 16 heteroatoms. The van der Waals surface area contributed by atoms with E-state index in [0.717, 1.165) is 92.5 Å². The summed E-state index contributed by atoms with van der Waals surface area (Å²) < 4.78 is 8.40. The van der Waals surface area contributed by atoms with Gasteiger partial charge in [-0.15, -0.1) is 0 Å². The summed E-state index contributed by atoms with van der Waals surface area (Å²) in [5.74, 6) is 1.05. The van der Waals surface area contributed by atoms with Gasteiger partial charge < -0.3 is 24.4 Å². The first-order valence-electron chi connectivity index (χ1n) is 19.1. The zero-order chi connectivity index (χ0) is 38.4. The van der Waals surface area contributed by atoms with Crippen molar-refractivity contribution >= 4 is 57.9 Å². The van der Waals surface area contributed by atoms with Gasteiger partial charge in [-0.25, -0.2) is 15.0 Å². The average Bonchev–Trinajstić information content (AvgIpc) is 3.65. The van der Waals surface area contributed by atoms with E-state index in [9.17, 15) is 19.2 Å². The fourth-order valence-corrected chi connectivity index (χ4v) is 8.46. The highest BCUT2D eigenvalue weighted by molar-refractivity contribution is 6.23. The second-order valence-electron chi connectivity index (χ2n) is 15.2. The van der Waals surface area contributed by atoms with Crippen LogP contribution in [0.2, 0.25) is 0 Å².